The van der Waals surface area contributed by atoms with Crippen LogP contribution in [-0.4, -0.2) is 14.2 Å². The second-order valence-corrected chi connectivity index (χ2v) is 8.95. The van der Waals surface area contributed by atoms with Crippen molar-refractivity contribution in [3.05, 3.63) is 47.5 Å². The summed E-state index contributed by atoms with van der Waals surface area (Å²) >= 11 is -0.912. The number of hydrogen-bond donors (Lipinski definition) is 0. The molecule has 2 aromatic rings. The Morgan fingerprint density at radius 3 is 1.47 bits per heavy atom. The van der Waals surface area contributed by atoms with Gasteiger partial charge in [-0.1, -0.05) is 0 Å². The van der Waals surface area contributed by atoms with E-state index in [2.05, 4.69) is 50.2 Å². The molecule has 0 aliphatic rings. The van der Waals surface area contributed by atoms with Crippen molar-refractivity contribution in [3.63, 3.8) is 0 Å². The molecule has 0 fully saturated rings. The van der Waals surface area contributed by atoms with Gasteiger partial charge < -0.3 is 0 Å². The molecule has 0 amide bonds. The molecule has 0 heterocycles. The predicted octanol–water partition coefficient (Wildman–Crippen LogP) is 2.35. The van der Waals surface area contributed by atoms with Crippen molar-refractivity contribution in [1.29, 1.82) is 0 Å². The molecule has 0 aliphatic heterocycles. The van der Waals surface area contributed by atoms with Crippen LogP contribution in [0.25, 0.3) is 0 Å². The van der Waals surface area contributed by atoms with Crippen molar-refractivity contribution in [3.8, 4) is 11.5 Å². The first-order valence-corrected chi connectivity index (χ1v) is 9.38. The number of benzene rings is 2. The minimum absolute atomic E-state index is 0.912. The molecular formula is C16H18O2Zn. The summed E-state index contributed by atoms with van der Waals surface area (Å²) in [5.41, 5.74) is 2.44. The Balaban J connectivity index is 2.21. The van der Waals surface area contributed by atoms with Gasteiger partial charge in [-0.25, -0.2) is 0 Å². The molecular weight excluding hydrogens is 290 g/mol. The summed E-state index contributed by atoms with van der Waals surface area (Å²) < 4.78 is 13.6. The van der Waals surface area contributed by atoms with E-state index in [-0.39, 0.29) is 0 Å². The quantitative estimate of drug-likeness (QED) is 0.807. The van der Waals surface area contributed by atoms with Gasteiger partial charge in [0.15, 0.2) is 0 Å². The van der Waals surface area contributed by atoms with Gasteiger partial charge in [-0.05, 0) is 0 Å². The van der Waals surface area contributed by atoms with Gasteiger partial charge in [0.25, 0.3) is 0 Å². The van der Waals surface area contributed by atoms with Crippen molar-refractivity contribution < 1.29 is 26.6 Å². The number of methoxy groups -OCH3 is 2. The first-order valence-electron chi connectivity index (χ1n) is 6.41. The van der Waals surface area contributed by atoms with E-state index >= 15 is 0 Å². The summed E-state index contributed by atoms with van der Waals surface area (Å²) in [6.45, 7) is 4.20. The Bertz CT molecular complexity index is 527. The molecule has 0 aliphatic carbocycles. The van der Waals surface area contributed by atoms with Crippen LogP contribution in [0.2, 0.25) is 0 Å². The zero-order chi connectivity index (χ0) is 13.8. The number of aryl methyl sites for hydroxylation is 2. The van der Waals surface area contributed by atoms with E-state index in [1.807, 2.05) is 0 Å². The van der Waals surface area contributed by atoms with Crippen LogP contribution >= 0.6 is 0 Å². The van der Waals surface area contributed by atoms with E-state index in [9.17, 15) is 0 Å². The SMILES string of the molecule is COc1cc[c]([Zn][c]2ccc(OC)c(C)c2)cc1C. The Kier molecular flexibility index (Phi) is 4.60. The Morgan fingerprint density at radius 2 is 1.16 bits per heavy atom. The van der Waals surface area contributed by atoms with Crippen LogP contribution in [-0.2, 0) is 17.1 Å². The van der Waals surface area contributed by atoms with Crippen LogP contribution in [0.1, 0.15) is 11.1 Å². The van der Waals surface area contributed by atoms with Crippen LogP contribution in [0.5, 0.6) is 11.5 Å². The summed E-state index contributed by atoms with van der Waals surface area (Å²) in [6.07, 6.45) is 0. The normalized spacial score (nSPS) is 9.89. The van der Waals surface area contributed by atoms with Gasteiger partial charge in [-0.3, -0.25) is 0 Å². The number of hydrogen-bond acceptors (Lipinski definition) is 2. The average Bonchev–Trinajstić information content (AvgIpc) is 2.39. The minimum atomic E-state index is -0.912. The van der Waals surface area contributed by atoms with Crippen LogP contribution < -0.4 is 17.8 Å². The van der Waals surface area contributed by atoms with Gasteiger partial charge in [0.1, 0.15) is 0 Å². The number of rotatable bonds is 4. The van der Waals surface area contributed by atoms with Gasteiger partial charge >= 0.3 is 122 Å². The Morgan fingerprint density at radius 1 is 0.737 bits per heavy atom. The zero-order valence-electron chi connectivity index (χ0n) is 12.0. The van der Waals surface area contributed by atoms with Crippen LogP contribution in [0.3, 0.4) is 0 Å². The Hall–Kier alpha value is -1.34. The van der Waals surface area contributed by atoms with Crippen molar-refractivity contribution in [2.45, 2.75) is 13.8 Å². The standard InChI is InChI=1S/2C8H9O.Zn/c2*1-7-5-3-4-6-8(7)9-2;/h2*4-6H,1-2H3;. The van der Waals surface area contributed by atoms with E-state index < -0.39 is 17.1 Å². The molecule has 0 atom stereocenters. The molecule has 0 saturated carbocycles. The summed E-state index contributed by atoms with van der Waals surface area (Å²) in [5.74, 6) is 1.94. The van der Waals surface area contributed by atoms with Gasteiger partial charge in [0.05, 0.1) is 0 Å². The molecule has 0 spiro atoms. The van der Waals surface area contributed by atoms with Crippen LogP contribution in [0.15, 0.2) is 36.4 Å². The molecule has 0 radical (unpaired) electrons. The van der Waals surface area contributed by atoms with Gasteiger partial charge in [-0.2, -0.15) is 0 Å². The molecule has 19 heavy (non-hydrogen) atoms. The van der Waals surface area contributed by atoms with Crippen LogP contribution in [0.4, 0.5) is 0 Å². The van der Waals surface area contributed by atoms with Crippen molar-refractivity contribution in [2.24, 2.45) is 0 Å². The molecule has 2 nitrogen and oxygen atoms in total. The van der Waals surface area contributed by atoms with Crippen molar-refractivity contribution in [1.82, 2.24) is 0 Å². The fourth-order valence-electron chi connectivity index (χ4n) is 2.34. The first-order chi connectivity index (χ1) is 9.13. The second kappa shape index (κ2) is 6.21. The molecule has 2 rings (SSSR count). The third-order valence-corrected chi connectivity index (χ3v) is 6.89. The molecule has 3 heteroatoms. The summed E-state index contributed by atoms with van der Waals surface area (Å²) in [7, 11) is 3.44. The topological polar surface area (TPSA) is 18.5 Å². The summed E-state index contributed by atoms with van der Waals surface area (Å²) in [4.78, 5) is 0. The molecule has 96 valence electrons. The van der Waals surface area contributed by atoms with E-state index in [0.29, 0.717) is 0 Å². The van der Waals surface area contributed by atoms with E-state index in [1.165, 1.54) is 19.4 Å². The molecule has 0 N–H and O–H groups in total. The maximum absolute atomic E-state index is 5.30. The van der Waals surface area contributed by atoms with Gasteiger partial charge in [0.2, 0.25) is 0 Å². The van der Waals surface area contributed by atoms with E-state index in [0.717, 1.165) is 11.5 Å². The van der Waals surface area contributed by atoms with E-state index in [1.54, 1.807) is 14.2 Å². The zero-order valence-corrected chi connectivity index (χ0v) is 15.0. The monoisotopic (exact) mass is 306 g/mol. The third kappa shape index (κ3) is 3.36. The maximum atomic E-state index is 5.30. The molecule has 0 bridgehead atoms. The average molecular weight is 308 g/mol. The first kappa shape index (κ1) is 14.1. The molecule has 0 unspecified atom stereocenters. The summed E-state index contributed by atoms with van der Waals surface area (Å²) in [5, 5.41) is 0. The summed E-state index contributed by atoms with van der Waals surface area (Å²) in [6, 6.07) is 13.1. The predicted molar refractivity (Wildman–Crippen MR) is 74.7 cm³/mol. The number of ether oxygens (including phenoxy) is 2. The third-order valence-electron chi connectivity index (χ3n) is 3.33. The van der Waals surface area contributed by atoms with E-state index in [4.69, 9.17) is 9.47 Å². The van der Waals surface area contributed by atoms with Crippen molar-refractivity contribution >= 4 is 8.32 Å². The fourth-order valence-corrected chi connectivity index (χ4v) is 6.03. The van der Waals surface area contributed by atoms with Crippen LogP contribution in [0, 0.1) is 13.8 Å². The molecule has 0 aromatic heterocycles. The molecule has 0 saturated heterocycles. The Labute approximate surface area is 122 Å². The fraction of sp³-hybridized carbons (Fsp3) is 0.250. The molecule has 2 aromatic carbocycles. The van der Waals surface area contributed by atoms with Gasteiger partial charge in [0, 0.05) is 0 Å². The van der Waals surface area contributed by atoms with Gasteiger partial charge in [-0.15, -0.1) is 0 Å². The second-order valence-electron chi connectivity index (χ2n) is 4.78. The van der Waals surface area contributed by atoms with Crippen molar-refractivity contribution in [2.75, 3.05) is 14.2 Å².